The first-order valence-electron chi connectivity index (χ1n) is 10.1. The maximum absolute atomic E-state index is 12.7. The fourth-order valence-electron chi connectivity index (χ4n) is 3.31. The Labute approximate surface area is 200 Å². The number of rotatable bonds is 7. The van der Waals surface area contributed by atoms with E-state index < -0.39 is 11.8 Å². The molecule has 6 nitrogen and oxygen atoms in total. The Morgan fingerprint density at radius 2 is 1.45 bits per heavy atom. The average molecular weight is 480 g/mol. The van der Waals surface area contributed by atoms with Gasteiger partial charge < -0.3 is 10.6 Å². The van der Waals surface area contributed by atoms with Crippen LogP contribution in [0.4, 0.5) is 5.69 Å². The Bertz CT molecular complexity index is 1220. The molecule has 0 aliphatic carbocycles. The van der Waals surface area contributed by atoms with Gasteiger partial charge in [-0.1, -0.05) is 65.7 Å². The van der Waals surface area contributed by atoms with E-state index in [0.717, 1.165) is 16.0 Å². The maximum atomic E-state index is 12.7. The largest absolute Gasteiger partial charge is 0.375 e. The SMILES string of the molecule is O=C(Nc1ccc(Cl)cc1)c1ccc(CNC2=C(Cl)C(=O)N(Cc3ccccc3)C2=O)cc1. The van der Waals surface area contributed by atoms with E-state index in [1.807, 2.05) is 30.3 Å². The average Bonchev–Trinajstić information content (AvgIpc) is 3.03. The number of amides is 3. The second-order valence-corrected chi connectivity index (χ2v) is 8.20. The lowest BCUT2D eigenvalue weighted by atomic mass is 10.1. The fourth-order valence-corrected chi connectivity index (χ4v) is 3.69. The van der Waals surface area contributed by atoms with E-state index in [9.17, 15) is 14.4 Å². The molecule has 4 rings (SSSR count). The summed E-state index contributed by atoms with van der Waals surface area (Å²) in [5.41, 5.74) is 2.84. The summed E-state index contributed by atoms with van der Waals surface area (Å²) in [6.07, 6.45) is 0. The smallest absolute Gasteiger partial charge is 0.278 e. The molecule has 0 saturated heterocycles. The third-order valence-electron chi connectivity index (χ3n) is 5.08. The van der Waals surface area contributed by atoms with Crippen LogP contribution in [0.3, 0.4) is 0 Å². The Kier molecular flexibility index (Phi) is 6.77. The summed E-state index contributed by atoms with van der Waals surface area (Å²) in [7, 11) is 0. The fraction of sp³-hybridized carbons (Fsp3) is 0.0800. The molecule has 8 heteroatoms. The van der Waals surface area contributed by atoms with Gasteiger partial charge in [-0.05, 0) is 47.5 Å². The summed E-state index contributed by atoms with van der Waals surface area (Å²) < 4.78 is 0. The lowest BCUT2D eigenvalue weighted by Crippen LogP contribution is -2.33. The third-order valence-corrected chi connectivity index (χ3v) is 5.69. The van der Waals surface area contributed by atoms with Crippen LogP contribution in [0.1, 0.15) is 21.5 Å². The predicted molar refractivity (Wildman–Crippen MR) is 128 cm³/mol. The molecule has 0 bridgehead atoms. The highest BCUT2D eigenvalue weighted by molar-refractivity contribution is 6.47. The number of anilines is 1. The Morgan fingerprint density at radius 1 is 0.788 bits per heavy atom. The molecule has 2 N–H and O–H groups in total. The molecule has 0 radical (unpaired) electrons. The molecule has 0 saturated carbocycles. The topological polar surface area (TPSA) is 78.5 Å². The zero-order valence-electron chi connectivity index (χ0n) is 17.3. The van der Waals surface area contributed by atoms with Crippen LogP contribution < -0.4 is 10.6 Å². The lowest BCUT2D eigenvalue weighted by Gasteiger charge is -2.15. The van der Waals surface area contributed by atoms with Crippen molar-refractivity contribution in [2.45, 2.75) is 13.1 Å². The minimum atomic E-state index is -0.526. The van der Waals surface area contributed by atoms with Crippen molar-refractivity contribution in [1.82, 2.24) is 10.2 Å². The second kappa shape index (κ2) is 9.90. The zero-order valence-corrected chi connectivity index (χ0v) is 18.9. The molecule has 1 aliphatic heterocycles. The molecule has 3 amide bonds. The number of carbonyl (C=O) groups excluding carboxylic acids is 3. The first kappa shape index (κ1) is 22.6. The number of hydrogen-bond acceptors (Lipinski definition) is 4. The maximum Gasteiger partial charge on any atom is 0.278 e. The number of nitrogens with one attached hydrogen (secondary N) is 2. The van der Waals surface area contributed by atoms with Crippen LogP contribution in [0.25, 0.3) is 0 Å². The molecule has 0 unspecified atom stereocenters. The van der Waals surface area contributed by atoms with Gasteiger partial charge in [0.2, 0.25) is 0 Å². The van der Waals surface area contributed by atoms with E-state index in [1.165, 1.54) is 0 Å². The van der Waals surface area contributed by atoms with Gasteiger partial charge in [-0.3, -0.25) is 19.3 Å². The number of imide groups is 1. The first-order chi connectivity index (χ1) is 15.9. The molecule has 166 valence electrons. The van der Waals surface area contributed by atoms with E-state index in [0.29, 0.717) is 16.3 Å². The van der Waals surface area contributed by atoms with Gasteiger partial charge in [-0.2, -0.15) is 0 Å². The van der Waals surface area contributed by atoms with Gasteiger partial charge in [0.25, 0.3) is 17.7 Å². The summed E-state index contributed by atoms with van der Waals surface area (Å²) >= 11 is 12.0. The number of carbonyl (C=O) groups is 3. The standard InChI is InChI=1S/C25H19Cl2N3O3/c26-19-10-12-20(13-11-19)29-23(31)18-8-6-16(7-9-18)14-28-22-21(27)24(32)30(25(22)33)15-17-4-2-1-3-5-17/h1-13,28H,14-15H2,(H,29,31). The van der Waals surface area contributed by atoms with E-state index in [2.05, 4.69) is 10.6 Å². The molecule has 3 aromatic carbocycles. The Morgan fingerprint density at radius 3 is 2.12 bits per heavy atom. The molecule has 1 aliphatic rings. The van der Waals surface area contributed by atoms with Crippen LogP contribution >= 0.6 is 23.2 Å². The van der Waals surface area contributed by atoms with Crippen molar-refractivity contribution < 1.29 is 14.4 Å². The molecule has 0 spiro atoms. The van der Waals surface area contributed by atoms with Gasteiger partial charge in [-0.15, -0.1) is 0 Å². The normalized spacial score (nSPS) is 13.5. The van der Waals surface area contributed by atoms with Crippen molar-refractivity contribution in [3.05, 3.63) is 111 Å². The molecule has 0 fully saturated rings. The summed E-state index contributed by atoms with van der Waals surface area (Å²) in [4.78, 5) is 38.7. The third kappa shape index (κ3) is 5.25. The van der Waals surface area contributed by atoms with Crippen molar-refractivity contribution >= 4 is 46.6 Å². The Balaban J connectivity index is 1.36. The van der Waals surface area contributed by atoms with E-state index >= 15 is 0 Å². The summed E-state index contributed by atoms with van der Waals surface area (Å²) in [6, 6.07) is 22.9. The van der Waals surface area contributed by atoms with Crippen molar-refractivity contribution in [1.29, 1.82) is 0 Å². The molecular formula is C25H19Cl2N3O3. The minimum Gasteiger partial charge on any atom is -0.375 e. The van der Waals surface area contributed by atoms with Gasteiger partial charge in [0.15, 0.2) is 0 Å². The van der Waals surface area contributed by atoms with Crippen LogP contribution in [-0.2, 0) is 22.7 Å². The first-order valence-corrected chi connectivity index (χ1v) is 10.9. The summed E-state index contributed by atoms with van der Waals surface area (Å²) in [5.74, 6) is -1.24. The number of halogens is 2. The van der Waals surface area contributed by atoms with E-state index in [-0.39, 0.29) is 29.7 Å². The van der Waals surface area contributed by atoms with Gasteiger partial charge in [0, 0.05) is 22.8 Å². The Hall–Kier alpha value is -3.61. The zero-order chi connectivity index (χ0) is 23.4. The van der Waals surface area contributed by atoms with Gasteiger partial charge >= 0.3 is 0 Å². The van der Waals surface area contributed by atoms with Gasteiger partial charge in [-0.25, -0.2) is 0 Å². The van der Waals surface area contributed by atoms with Crippen LogP contribution in [0.5, 0.6) is 0 Å². The molecular weight excluding hydrogens is 461 g/mol. The van der Waals surface area contributed by atoms with Crippen LogP contribution in [0, 0.1) is 0 Å². The highest BCUT2D eigenvalue weighted by atomic mass is 35.5. The van der Waals surface area contributed by atoms with Crippen LogP contribution in [0.2, 0.25) is 5.02 Å². The molecule has 1 heterocycles. The van der Waals surface area contributed by atoms with Gasteiger partial charge in [0.05, 0.1) is 6.54 Å². The van der Waals surface area contributed by atoms with E-state index in [1.54, 1.807) is 48.5 Å². The predicted octanol–water partition coefficient (Wildman–Crippen LogP) is 4.70. The second-order valence-electron chi connectivity index (χ2n) is 7.38. The highest BCUT2D eigenvalue weighted by Gasteiger charge is 2.37. The van der Waals surface area contributed by atoms with Crippen molar-refractivity contribution in [3.8, 4) is 0 Å². The highest BCUT2D eigenvalue weighted by Crippen LogP contribution is 2.24. The van der Waals surface area contributed by atoms with Crippen molar-refractivity contribution in [2.24, 2.45) is 0 Å². The quantitative estimate of drug-likeness (QED) is 0.481. The molecule has 0 atom stereocenters. The summed E-state index contributed by atoms with van der Waals surface area (Å²) in [6.45, 7) is 0.417. The van der Waals surface area contributed by atoms with Crippen molar-refractivity contribution in [2.75, 3.05) is 5.32 Å². The monoisotopic (exact) mass is 479 g/mol. The molecule has 33 heavy (non-hydrogen) atoms. The number of benzene rings is 3. The van der Waals surface area contributed by atoms with E-state index in [4.69, 9.17) is 23.2 Å². The lowest BCUT2D eigenvalue weighted by molar-refractivity contribution is -0.138. The molecule has 0 aromatic heterocycles. The minimum absolute atomic E-state index is 0.0714. The summed E-state index contributed by atoms with van der Waals surface area (Å²) in [5, 5.41) is 6.22. The van der Waals surface area contributed by atoms with Crippen molar-refractivity contribution in [3.63, 3.8) is 0 Å². The number of nitrogens with zero attached hydrogens (tertiary/aromatic N) is 1. The number of hydrogen-bond donors (Lipinski definition) is 2. The van der Waals surface area contributed by atoms with Gasteiger partial charge in [0.1, 0.15) is 10.7 Å². The molecule has 3 aromatic rings. The van der Waals surface area contributed by atoms with Crippen LogP contribution in [-0.4, -0.2) is 22.6 Å². The van der Waals surface area contributed by atoms with Crippen LogP contribution in [0.15, 0.2) is 89.6 Å².